The zero-order chi connectivity index (χ0) is 27.6. The molecule has 0 spiro atoms. The van der Waals surface area contributed by atoms with Crippen LogP contribution in [0.25, 0.3) is 11.0 Å². The summed E-state index contributed by atoms with van der Waals surface area (Å²) in [4.78, 5) is 13.4. The molecule has 0 radical (unpaired) electrons. The van der Waals surface area contributed by atoms with Gasteiger partial charge >= 0.3 is 7.12 Å². The molecule has 2 bridgehead atoms. The molecule has 3 aliphatic carbocycles. The highest BCUT2D eigenvalue weighted by Gasteiger charge is 2.68. The molecule has 1 aliphatic heterocycles. The lowest BCUT2D eigenvalue weighted by molar-refractivity contribution is -0.199. The fourth-order valence-corrected chi connectivity index (χ4v) is 7.76. The fourth-order valence-electron chi connectivity index (χ4n) is 7.13. The number of furan rings is 1. The molecule has 3 saturated carbocycles. The Labute approximate surface area is 231 Å². The number of amides is 1. The molecule has 7 rings (SSSR count). The maximum atomic E-state index is 13.4. The number of hydrogen-bond acceptors (Lipinski definition) is 6. The van der Waals surface area contributed by atoms with Gasteiger partial charge in [0.1, 0.15) is 5.58 Å². The van der Waals surface area contributed by atoms with Crippen LogP contribution in [0.4, 0.5) is 5.69 Å². The topological polar surface area (TPSA) is 90.1 Å². The third-order valence-electron chi connectivity index (χ3n) is 9.25. The number of nitrogens with one attached hydrogen (secondary N) is 1. The highest BCUT2D eigenvalue weighted by molar-refractivity contribution is 7.92. The Hall–Kier alpha value is -2.62. The van der Waals surface area contributed by atoms with Crippen LogP contribution in [0.5, 0.6) is 0 Å². The van der Waals surface area contributed by atoms with Crippen molar-refractivity contribution in [3.8, 4) is 0 Å². The number of nitrogens with zero attached hydrogens (tertiary/aromatic N) is 1. The molecule has 1 saturated heterocycles. The Morgan fingerprint density at radius 3 is 2.72 bits per heavy atom. The number of benzene rings is 2. The van der Waals surface area contributed by atoms with Crippen molar-refractivity contribution in [3.05, 3.63) is 65.9 Å². The first-order chi connectivity index (χ1) is 18.4. The molecular formula is C30H37BN2O5S. The first-order valence-electron chi connectivity index (χ1n) is 13.8. The van der Waals surface area contributed by atoms with Gasteiger partial charge in [0, 0.05) is 27.6 Å². The molecule has 2 aromatic carbocycles. The van der Waals surface area contributed by atoms with Crippen molar-refractivity contribution in [2.75, 3.05) is 12.5 Å². The monoisotopic (exact) mass is 548 g/mol. The molecule has 9 heteroatoms. The number of rotatable bonds is 7. The van der Waals surface area contributed by atoms with E-state index in [0.717, 1.165) is 28.5 Å². The van der Waals surface area contributed by atoms with Crippen molar-refractivity contribution < 1.29 is 22.7 Å². The zero-order valence-electron chi connectivity index (χ0n) is 23.3. The van der Waals surface area contributed by atoms with Gasteiger partial charge in [0.2, 0.25) is 5.91 Å². The summed E-state index contributed by atoms with van der Waals surface area (Å²) in [6.07, 6.45) is 7.84. The van der Waals surface area contributed by atoms with Gasteiger partial charge in [-0.25, -0.2) is 4.21 Å². The number of para-hydroxylation sites is 1. The predicted molar refractivity (Wildman–Crippen MR) is 154 cm³/mol. The van der Waals surface area contributed by atoms with E-state index < -0.39 is 16.8 Å². The molecule has 1 aromatic heterocycles. The van der Waals surface area contributed by atoms with Crippen LogP contribution in [0.15, 0.2) is 63.6 Å². The second-order valence-electron chi connectivity index (χ2n) is 12.6. The third-order valence-corrected chi connectivity index (χ3v) is 9.90. The molecule has 0 unspecified atom stereocenters. The summed E-state index contributed by atoms with van der Waals surface area (Å²) < 4.78 is 35.6. The average molecular weight is 549 g/mol. The van der Waals surface area contributed by atoms with Gasteiger partial charge in [0.25, 0.3) is 0 Å². The van der Waals surface area contributed by atoms with Gasteiger partial charge in [0.05, 0.1) is 36.0 Å². The summed E-state index contributed by atoms with van der Waals surface area (Å²) in [7, 11) is -2.85. The van der Waals surface area contributed by atoms with Crippen LogP contribution in [-0.4, -0.2) is 47.4 Å². The first-order valence-corrected chi connectivity index (χ1v) is 16.1. The van der Waals surface area contributed by atoms with E-state index in [1.165, 1.54) is 6.42 Å². The summed E-state index contributed by atoms with van der Waals surface area (Å²) in [6.45, 7) is 6.88. The van der Waals surface area contributed by atoms with Gasteiger partial charge in [-0.1, -0.05) is 44.2 Å². The standard InChI is InChI=1S/C30H37BN2O5S/c1-29(2)21-16-25(29)30(3)26(17-21)37-31(38-30)27(15-20-18-36-24-12-7-6-11-23(20)24)32-28(34)14-19-9-8-10-22(13-19)33-39(4,5)35/h6-13,18,21,25-27H,14-17H2,1-5H3,(H,32,34)/t21-,25-,26+,27-,30-/m0/s1. The van der Waals surface area contributed by atoms with E-state index >= 15 is 0 Å². The Morgan fingerprint density at radius 2 is 1.95 bits per heavy atom. The van der Waals surface area contributed by atoms with Crippen LogP contribution in [0, 0.1) is 17.3 Å². The minimum absolute atomic E-state index is 0.0241. The van der Waals surface area contributed by atoms with Crippen molar-refractivity contribution in [1.82, 2.24) is 5.32 Å². The SMILES string of the molecule is CC1(C)[C@@H]2C[C@H]3OB([C@H](Cc4coc5ccccc45)NC(=O)Cc4cccc(N=S(C)(C)=O)c4)O[C@@]3(C)[C@H]1C2. The molecular weight excluding hydrogens is 511 g/mol. The van der Waals surface area contributed by atoms with Gasteiger partial charge in [-0.05, 0) is 72.8 Å². The van der Waals surface area contributed by atoms with Gasteiger partial charge < -0.3 is 19.0 Å². The second-order valence-corrected chi connectivity index (χ2v) is 15.1. The molecule has 5 atom stereocenters. The number of hydrogen-bond donors (Lipinski definition) is 1. The van der Waals surface area contributed by atoms with Crippen LogP contribution < -0.4 is 5.32 Å². The number of carbonyl (C=O) groups is 1. The van der Waals surface area contributed by atoms with Crippen LogP contribution in [0.3, 0.4) is 0 Å². The van der Waals surface area contributed by atoms with Crippen molar-refractivity contribution in [1.29, 1.82) is 0 Å². The van der Waals surface area contributed by atoms with Gasteiger partial charge in [-0.2, -0.15) is 4.36 Å². The van der Waals surface area contributed by atoms with Crippen LogP contribution >= 0.6 is 0 Å². The Kier molecular flexibility index (Phi) is 6.47. The summed E-state index contributed by atoms with van der Waals surface area (Å²) in [5.41, 5.74) is 3.11. The van der Waals surface area contributed by atoms with Crippen molar-refractivity contribution in [3.63, 3.8) is 0 Å². The number of fused-ring (bicyclic) bond motifs is 1. The minimum atomic E-state index is -2.29. The van der Waals surface area contributed by atoms with Crippen molar-refractivity contribution in [2.24, 2.45) is 21.6 Å². The molecule has 2 heterocycles. The second kappa shape index (κ2) is 9.49. The van der Waals surface area contributed by atoms with Crippen LogP contribution in [-0.2, 0) is 36.7 Å². The van der Waals surface area contributed by atoms with E-state index in [-0.39, 0.29) is 35.4 Å². The van der Waals surface area contributed by atoms with E-state index in [9.17, 15) is 9.00 Å². The van der Waals surface area contributed by atoms with Crippen LogP contribution in [0.1, 0.15) is 44.7 Å². The quantitative estimate of drug-likeness (QED) is 0.403. The highest BCUT2D eigenvalue weighted by Crippen LogP contribution is 2.65. The lowest BCUT2D eigenvalue weighted by Gasteiger charge is -2.64. The van der Waals surface area contributed by atoms with Gasteiger partial charge in [-0.15, -0.1) is 0 Å². The maximum absolute atomic E-state index is 13.4. The molecule has 206 valence electrons. The summed E-state index contributed by atoms with van der Waals surface area (Å²) in [5.74, 6) is 0.561. The van der Waals surface area contributed by atoms with Gasteiger partial charge in [0.15, 0.2) is 0 Å². The lowest BCUT2D eigenvalue weighted by Crippen LogP contribution is -2.65. The largest absolute Gasteiger partial charge is 0.482 e. The Balaban J connectivity index is 1.25. The predicted octanol–water partition coefficient (Wildman–Crippen LogP) is 5.33. The molecule has 4 fully saturated rings. The average Bonchev–Trinajstić information content (AvgIpc) is 3.43. The van der Waals surface area contributed by atoms with E-state index in [1.807, 2.05) is 42.5 Å². The highest BCUT2D eigenvalue weighted by atomic mass is 32.2. The Morgan fingerprint density at radius 1 is 1.15 bits per heavy atom. The minimum Gasteiger partial charge on any atom is -0.464 e. The van der Waals surface area contributed by atoms with E-state index in [4.69, 9.17) is 13.7 Å². The molecule has 4 aliphatic rings. The smallest absolute Gasteiger partial charge is 0.464 e. The van der Waals surface area contributed by atoms with E-state index in [0.29, 0.717) is 23.9 Å². The lowest BCUT2D eigenvalue weighted by atomic mass is 9.43. The Bertz CT molecular complexity index is 1530. The summed E-state index contributed by atoms with van der Waals surface area (Å²) >= 11 is 0. The van der Waals surface area contributed by atoms with E-state index in [1.54, 1.807) is 24.8 Å². The van der Waals surface area contributed by atoms with Crippen LogP contribution in [0.2, 0.25) is 0 Å². The molecule has 1 amide bonds. The number of carbonyl (C=O) groups excluding carboxylic acids is 1. The van der Waals surface area contributed by atoms with Crippen molar-refractivity contribution in [2.45, 2.75) is 64.1 Å². The third kappa shape index (κ3) is 4.94. The molecule has 1 N–H and O–H groups in total. The van der Waals surface area contributed by atoms with Gasteiger partial charge in [-0.3, -0.25) is 4.79 Å². The molecule has 3 aromatic rings. The summed E-state index contributed by atoms with van der Waals surface area (Å²) in [5, 5.41) is 4.26. The van der Waals surface area contributed by atoms with E-state index in [2.05, 4.69) is 30.5 Å². The molecule has 39 heavy (non-hydrogen) atoms. The maximum Gasteiger partial charge on any atom is 0.482 e. The zero-order valence-corrected chi connectivity index (χ0v) is 24.1. The first kappa shape index (κ1) is 26.6. The fraction of sp³-hybridized carbons (Fsp3) is 0.500. The van der Waals surface area contributed by atoms with Crippen molar-refractivity contribution >= 4 is 39.4 Å². The normalized spacial score (nSPS) is 28.0. The molecule has 7 nitrogen and oxygen atoms in total. The summed E-state index contributed by atoms with van der Waals surface area (Å²) in [6, 6.07) is 15.3.